The predicted octanol–water partition coefficient (Wildman–Crippen LogP) is 1.93. The van der Waals surface area contributed by atoms with E-state index in [2.05, 4.69) is 9.80 Å². The highest BCUT2D eigenvalue weighted by molar-refractivity contribution is 5.97. The third-order valence-electron chi connectivity index (χ3n) is 4.28. The molecule has 2 saturated heterocycles. The average Bonchev–Trinajstić information content (AvgIpc) is 2.89. The molecule has 0 saturated carbocycles. The van der Waals surface area contributed by atoms with Crippen molar-refractivity contribution in [2.45, 2.75) is 18.9 Å². The molecule has 2 aliphatic heterocycles. The van der Waals surface area contributed by atoms with Crippen molar-refractivity contribution < 1.29 is 13.6 Å². The molecule has 1 unspecified atom stereocenters. The molecule has 2 heterocycles. The largest absolute Gasteiger partial charge is 0.298 e. The van der Waals surface area contributed by atoms with Crippen molar-refractivity contribution in [1.82, 2.24) is 9.80 Å². The van der Waals surface area contributed by atoms with Gasteiger partial charge in [0.25, 0.3) is 0 Å². The Hall–Kier alpha value is -1.33. The van der Waals surface area contributed by atoms with E-state index in [1.165, 1.54) is 18.9 Å². The minimum atomic E-state index is -0.962. The fourth-order valence-corrected chi connectivity index (χ4v) is 3.16. The lowest BCUT2D eigenvalue weighted by molar-refractivity contribution is 0.0784. The van der Waals surface area contributed by atoms with Gasteiger partial charge in [0.05, 0.1) is 6.54 Å². The second-order valence-electron chi connectivity index (χ2n) is 5.62. The molecular weight excluding hydrogens is 262 g/mol. The van der Waals surface area contributed by atoms with Gasteiger partial charge in [0.2, 0.25) is 0 Å². The number of rotatable bonds is 3. The summed E-state index contributed by atoms with van der Waals surface area (Å²) < 4.78 is 26.0. The van der Waals surface area contributed by atoms with Crippen molar-refractivity contribution >= 4 is 5.78 Å². The van der Waals surface area contributed by atoms with E-state index in [4.69, 9.17) is 0 Å². The zero-order chi connectivity index (χ0) is 14.1. The van der Waals surface area contributed by atoms with Crippen LogP contribution in [0.1, 0.15) is 23.2 Å². The van der Waals surface area contributed by atoms with E-state index in [9.17, 15) is 13.6 Å². The molecule has 108 valence electrons. The summed E-state index contributed by atoms with van der Waals surface area (Å²) in [4.78, 5) is 16.7. The van der Waals surface area contributed by atoms with Crippen LogP contribution in [0, 0.1) is 11.6 Å². The Morgan fingerprint density at radius 3 is 2.85 bits per heavy atom. The number of nitrogens with zero attached hydrogens (tertiary/aromatic N) is 2. The fourth-order valence-electron chi connectivity index (χ4n) is 3.16. The quantitative estimate of drug-likeness (QED) is 0.790. The second-order valence-corrected chi connectivity index (χ2v) is 5.62. The van der Waals surface area contributed by atoms with Crippen molar-refractivity contribution in [3.8, 4) is 0 Å². The lowest BCUT2D eigenvalue weighted by Gasteiger charge is -2.37. The summed E-state index contributed by atoms with van der Waals surface area (Å²) >= 11 is 0. The molecule has 0 bridgehead atoms. The Balaban J connectivity index is 1.62. The summed E-state index contributed by atoms with van der Waals surface area (Å²) in [7, 11) is 0. The van der Waals surface area contributed by atoms with Crippen LogP contribution in [0.15, 0.2) is 18.2 Å². The molecule has 0 spiro atoms. The molecule has 1 atom stereocenters. The number of piperazine rings is 1. The summed E-state index contributed by atoms with van der Waals surface area (Å²) in [5.41, 5.74) is 0.248. The first kappa shape index (κ1) is 13.6. The average molecular weight is 280 g/mol. The molecular formula is C15H18F2N2O. The number of hydrogen-bond donors (Lipinski definition) is 0. The van der Waals surface area contributed by atoms with E-state index >= 15 is 0 Å². The fraction of sp³-hybridized carbons (Fsp3) is 0.533. The van der Waals surface area contributed by atoms with Gasteiger partial charge >= 0.3 is 0 Å². The highest BCUT2D eigenvalue weighted by Crippen LogP contribution is 2.21. The summed E-state index contributed by atoms with van der Waals surface area (Å²) in [5, 5.41) is 0. The lowest BCUT2D eigenvalue weighted by Crippen LogP contribution is -2.51. The van der Waals surface area contributed by atoms with Crippen LogP contribution in [-0.4, -0.2) is 54.3 Å². The first-order chi connectivity index (χ1) is 9.63. The number of carbonyl (C=O) groups excluding carboxylic acids is 1. The molecule has 0 N–H and O–H groups in total. The minimum absolute atomic E-state index is 0.143. The first-order valence-corrected chi connectivity index (χ1v) is 7.08. The normalized spacial score (nSPS) is 23.8. The van der Waals surface area contributed by atoms with Gasteiger partial charge in [0.15, 0.2) is 17.4 Å². The van der Waals surface area contributed by atoms with Gasteiger partial charge in [-0.25, -0.2) is 8.78 Å². The van der Waals surface area contributed by atoms with Crippen LogP contribution in [0.5, 0.6) is 0 Å². The number of Topliss-reactive ketones (excluding diaryl/α,β-unsaturated/α-hetero) is 1. The minimum Gasteiger partial charge on any atom is -0.298 e. The molecule has 0 aromatic heterocycles. The van der Waals surface area contributed by atoms with Crippen molar-refractivity contribution in [2.24, 2.45) is 0 Å². The number of hydrogen-bond acceptors (Lipinski definition) is 3. The van der Waals surface area contributed by atoms with Gasteiger partial charge in [0, 0.05) is 31.2 Å². The predicted molar refractivity (Wildman–Crippen MR) is 71.7 cm³/mol. The molecule has 3 nitrogen and oxygen atoms in total. The van der Waals surface area contributed by atoms with Crippen LogP contribution >= 0.6 is 0 Å². The standard InChI is InChI=1S/C15H18F2N2O/c16-13-4-3-11(8-14(13)17)15(20)10-18-6-7-19-5-1-2-12(19)9-18/h3-4,8,12H,1-2,5-7,9-10H2. The Morgan fingerprint density at radius 2 is 2.05 bits per heavy atom. The van der Waals surface area contributed by atoms with Gasteiger partial charge in [-0.15, -0.1) is 0 Å². The topological polar surface area (TPSA) is 23.6 Å². The molecule has 1 aromatic carbocycles. The molecule has 0 radical (unpaired) electrons. The molecule has 20 heavy (non-hydrogen) atoms. The van der Waals surface area contributed by atoms with E-state index in [0.717, 1.165) is 38.3 Å². The van der Waals surface area contributed by atoms with E-state index < -0.39 is 11.6 Å². The summed E-state index contributed by atoms with van der Waals surface area (Å²) in [6.45, 7) is 4.21. The van der Waals surface area contributed by atoms with Crippen LogP contribution in [-0.2, 0) is 0 Å². The summed E-state index contributed by atoms with van der Waals surface area (Å²) in [6, 6.07) is 3.91. The van der Waals surface area contributed by atoms with Gasteiger partial charge in [-0.1, -0.05) is 0 Å². The lowest BCUT2D eigenvalue weighted by atomic mass is 10.1. The third kappa shape index (κ3) is 2.74. The number of fused-ring (bicyclic) bond motifs is 1. The molecule has 0 amide bonds. The maximum atomic E-state index is 13.1. The second kappa shape index (κ2) is 5.58. The van der Waals surface area contributed by atoms with Gasteiger partial charge < -0.3 is 0 Å². The number of benzene rings is 1. The van der Waals surface area contributed by atoms with Gasteiger partial charge in [0.1, 0.15) is 0 Å². The summed E-state index contributed by atoms with van der Waals surface area (Å²) in [6.07, 6.45) is 2.42. The molecule has 0 aliphatic carbocycles. The zero-order valence-electron chi connectivity index (χ0n) is 11.3. The highest BCUT2D eigenvalue weighted by atomic mass is 19.2. The molecule has 3 rings (SSSR count). The van der Waals surface area contributed by atoms with Crippen molar-refractivity contribution in [3.05, 3.63) is 35.4 Å². The van der Waals surface area contributed by atoms with Gasteiger partial charge in [-0.05, 0) is 37.6 Å². The monoisotopic (exact) mass is 280 g/mol. The number of halogens is 2. The van der Waals surface area contributed by atoms with Crippen LogP contribution in [0.25, 0.3) is 0 Å². The van der Waals surface area contributed by atoms with Gasteiger partial charge in [-0.2, -0.15) is 0 Å². The van der Waals surface area contributed by atoms with E-state index in [0.29, 0.717) is 6.04 Å². The van der Waals surface area contributed by atoms with Crippen molar-refractivity contribution in [1.29, 1.82) is 0 Å². The third-order valence-corrected chi connectivity index (χ3v) is 4.28. The highest BCUT2D eigenvalue weighted by Gasteiger charge is 2.31. The van der Waals surface area contributed by atoms with Crippen LogP contribution in [0.3, 0.4) is 0 Å². The van der Waals surface area contributed by atoms with E-state index in [1.807, 2.05) is 0 Å². The maximum Gasteiger partial charge on any atom is 0.176 e. The SMILES string of the molecule is O=C(CN1CCN2CCCC2C1)c1ccc(F)c(F)c1. The Morgan fingerprint density at radius 1 is 1.20 bits per heavy atom. The Labute approximate surface area is 117 Å². The van der Waals surface area contributed by atoms with Crippen LogP contribution in [0.2, 0.25) is 0 Å². The molecule has 5 heteroatoms. The molecule has 2 aliphatic rings. The van der Waals surface area contributed by atoms with Crippen LogP contribution in [0.4, 0.5) is 8.78 Å². The van der Waals surface area contributed by atoms with Crippen molar-refractivity contribution in [2.75, 3.05) is 32.7 Å². The smallest absolute Gasteiger partial charge is 0.176 e. The maximum absolute atomic E-state index is 13.1. The van der Waals surface area contributed by atoms with E-state index in [-0.39, 0.29) is 17.9 Å². The first-order valence-electron chi connectivity index (χ1n) is 7.08. The molecule has 2 fully saturated rings. The van der Waals surface area contributed by atoms with Crippen molar-refractivity contribution in [3.63, 3.8) is 0 Å². The number of carbonyl (C=O) groups is 1. The van der Waals surface area contributed by atoms with E-state index in [1.54, 1.807) is 0 Å². The zero-order valence-corrected chi connectivity index (χ0v) is 11.3. The number of ketones is 1. The summed E-state index contributed by atoms with van der Waals surface area (Å²) in [5.74, 6) is -2.02. The Kier molecular flexibility index (Phi) is 3.81. The van der Waals surface area contributed by atoms with Gasteiger partial charge in [-0.3, -0.25) is 14.6 Å². The van der Waals surface area contributed by atoms with Crippen LogP contribution < -0.4 is 0 Å². The molecule has 1 aromatic rings. The Bertz CT molecular complexity index is 521.